The third-order valence-corrected chi connectivity index (χ3v) is 1.74. The molecule has 0 saturated heterocycles. The van der Waals surface area contributed by atoms with E-state index in [4.69, 9.17) is 4.74 Å². The topological polar surface area (TPSA) is 26.3 Å². The van der Waals surface area contributed by atoms with E-state index in [1.807, 2.05) is 6.92 Å². The van der Waals surface area contributed by atoms with E-state index < -0.39 is 0 Å². The highest BCUT2D eigenvalue weighted by Gasteiger charge is 2.10. The summed E-state index contributed by atoms with van der Waals surface area (Å²) < 4.78 is 4.92. The molecule has 0 aromatic carbocycles. The second-order valence-corrected chi connectivity index (χ2v) is 2.80. The van der Waals surface area contributed by atoms with Crippen LogP contribution in [0.1, 0.15) is 32.6 Å². The second-order valence-electron chi connectivity index (χ2n) is 2.80. The number of allylic oxidation sites excluding steroid dienone is 1. The highest BCUT2D eigenvalue weighted by Crippen LogP contribution is 2.21. The zero-order valence-electron chi connectivity index (χ0n) is 6.93. The van der Waals surface area contributed by atoms with Crippen molar-refractivity contribution >= 4 is 5.97 Å². The van der Waals surface area contributed by atoms with Gasteiger partial charge in [0.25, 0.3) is 0 Å². The van der Waals surface area contributed by atoms with Crippen molar-refractivity contribution in [2.75, 3.05) is 6.61 Å². The average Bonchev–Trinajstić information content (AvgIpc) is 1.93. The van der Waals surface area contributed by atoms with Crippen molar-refractivity contribution in [3.8, 4) is 0 Å². The number of rotatable bonds is 4. The Morgan fingerprint density at radius 3 is 2.91 bits per heavy atom. The van der Waals surface area contributed by atoms with Gasteiger partial charge in [0.05, 0.1) is 13.0 Å². The van der Waals surface area contributed by atoms with Crippen LogP contribution in [0.25, 0.3) is 0 Å². The lowest BCUT2D eigenvalue weighted by molar-refractivity contribution is -0.142. The fourth-order valence-electron chi connectivity index (χ4n) is 0.961. The van der Waals surface area contributed by atoms with Crippen LogP contribution in [0.5, 0.6) is 0 Å². The van der Waals surface area contributed by atoms with Crippen LogP contribution in [0.4, 0.5) is 0 Å². The Balaban J connectivity index is 2.10. The van der Waals surface area contributed by atoms with Gasteiger partial charge in [0.1, 0.15) is 0 Å². The summed E-state index contributed by atoms with van der Waals surface area (Å²) >= 11 is 0. The first kappa shape index (κ1) is 8.31. The van der Waals surface area contributed by atoms with E-state index in [1.165, 1.54) is 5.57 Å². The summed E-state index contributed by atoms with van der Waals surface area (Å²) in [7, 11) is 0. The Kier molecular flexibility index (Phi) is 3.14. The summed E-state index contributed by atoms with van der Waals surface area (Å²) in [6, 6.07) is 0. The van der Waals surface area contributed by atoms with Crippen LogP contribution in [0.3, 0.4) is 0 Å². The first-order valence-corrected chi connectivity index (χ1v) is 4.16. The maximum atomic E-state index is 10.9. The van der Waals surface area contributed by atoms with Crippen molar-refractivity contribution < 1.29 is 9.53 Å². The molecule has 0 aliphatic heterocycles. The largest absolute Gasteiger partial charge is 0.465 e. The molecule has 0 bridgehead atoms. The molecule has 62 valence electrons. The molecule has 0 unspecified atom stereocenters. The van der Waals surface area contributed by atoms with Crippen LogP contribution in [-0.4, -0.2) is 12.6 Å². The SMILES string of the molecule is CCCOC(=O)CC1=CCC1. The molecule has 0 saturated carbocycles. The average molecular weight is 154 g/mol. The summed E-state index contributed by atoms with van der Waals surface area (Å²) in [5.41, 5.74) is 1.24. The molecule has 11 heavy (non-hydrogen) atoms. The van der Waals surface area contributed by atoms with Gasteiger partial charge in [-0.2, -0.15) is 0 Å². The quantitative estimate of drug-likeness (QED) is 0.457. The van der Waals surface area contributed by atoms with Gasteiger partial charge in [-0.25, -0.2) is 0 Å². The molecule has 0 heterocycles. The number of carbonyl (C=O) groups excluding carboxylic acids is 1. The van der Waals surface area contributed by atoms with Gasteiger partial charge in [0.2, 0.25) is 0 Å². The summed E-state index contributed by atoms with van der Waals surface area (Å²) in [6.45, 7) is 2.56. The first-order chi connectivity index (χ1) is 5.33. The monoisotopic (exact) mass is 154 g/mol. The van der Waals surface area contributed by atoms with Crippen molar-refractivity contribution in [2.45, 2.75) is 32.6 Å². The van der Waals surface area contributed by atoms with Crippen LogP contribution in [0, 0.1) is 0 Å². The summed E-state index contributed by atoms with van der Waals surface area (Å²) in [5.74, 6) is -0.0715. The van der Waals surface area contributed by atoms with Crippen LogP contribution >= 0.6 is 0 Å². The Morgan fingerprint density at radius 1 is 1.73 bits per heavy atom. The lowest BCUT2D eigenvalue weighted by Gasteiger charge is -2.12. The molecule has 0 aromatic heterocycles. The third kappa shape index (κ3) is 2.74. The maximum absolute atomic E-state index is 10.9. The highest BCUT2D eigenvalue weighted by molar-refractivity contribution is 5.72. The molecule has 2 nitrogen and oxygen atoms in total. The van der Waals surface area contributed by atoms with E-state index in [-0.39, 0.29) is 5.97 Å². The van der Waals surface area contributed by atoms with E-state index in [9.17, 15) is 4.79 Å². The van der Waals surface area contributed by atoms with E-state index in [2.05, 4.69) is 6.08 Å². The molecule has 1 aliphatic carbocycles. The van der Waals surface area contributed by atoms with Gasteiger partial charge in [-0.05, 0) is 19.3 Å². The molecule has 1 rings (SSSR count). The molecule has 0 spiro atoms. The molecule has 0 N–H and O–H groups in total. The Morgan fingerprint density at radius 2 is 2.45 bits per heavy atom. The van der Waals surface area contributed by atoms with Crippen molar-refractivity contribution in [1.82, 2.24) is 0 Å². The third-order valence-electron chi connectivity index (χ3n) is 1.74. The summed E-state index contributed by atoms with van der Waals surface area (Å²) in [6.07, 6.45) is 5.75. The maximum Gasteiger partial charge on any atom is 0.309 e. The number of carbonyl (C=O) groups is 1. The Hall–Kier alpha value is -0.790. The Bertz CT molecular complexity index is 170. The minimum Gasteiger partial charge on any atom is -0.465 e. The molecular formula is C9H14O2. The number of ether oxygens (including phenoxy) is 1. The van der Waals surface area contributed by atoms with Gasteiger partial charge in [-0.3, -0.25) is 4.79 Å². The predicted molar refractivity (Wildman–Crippen MR) is 43.2 cm³/mol. The fourth-order valence-corrected chi connectivity index (χ4v) is 0.961. The van der Waals surface area contributed by atoms with Gasteiger partial charge in [0.15, 0.2) is 0 Å². The molecule has 0 aromatic rings. The molecule has 0 radical (unpaired) electrons. The molecular weight excluding hydrogens is 140 g/mol. The summed E-state index contributed by atoms with van der Waals surface area (Å²) in [5, 5.41) is 0. The summed E-state index contributed by atoms with van der Waals surface area (Å²) in [4.78, 5) is 10.9. The van der Waals surface area contributed by atoms with E-state index in [0.29, 0.717) is 13.0 Å². The number of hydrogen-bond acceptors (Lipinski definition) is 2. The minimum atomic E-state index is -0.0715. The molecule has 0 atom stereocenters. The smallest absolute Gasteiger partial charge is 0.309 e. The molecule has 0 amide bonds. The van der Waals surface area contributed by atoms with Crippen LogP contribution in [0.15, 0.2) is 11.6 Å². The second kappa shape index (κ2) is 4.16. The van der Waals surface area contributed by atoms with Gasteiger partial charge in [-0.1, -0.05) is 18.6 Å². The van der Waals surface area contributed by atoms with Crippen molar-refractivity contribution in [3.63, 3.8) is 0 Å². The Labute approximate surface area is 67.2 Å². The van der Waals surface area contributed by atoms with E-state index >= 15 is 0 Å². The van der Waals surface area contributed by atoms with E-state index in [0.717, 1.165) is 19.3 Å². The molecule has 1 aliphatic rings. The van der Waals surface area contributed by atoms with Gasteiger partial charge < -0.3 is 4.74 Å². The van der Waals surface area contributed by atoms with Gasteiger partial charge in [0, 0.05) is 0 Å². The number of esters is 1. The lowest BCUT2D eigenvalue weighted by Crippen LogP contribution is -2.08. The van der Waals surface area contributed by atoms with E-state index in [1.54, 1.807) is 0 Å². The van der Waals surface area contributed by atoms with Crippen LogP contribution in [-0.2, 0) is 9.53 Å². The van der Waals surface area contributed by atoms with Gasteiger partial charge in [-0.15, -0.1) is 0 Å². The molecule has 0 fully saturated rings. The first-order valence-electron chi connectivity index (χ1n) is 4.16. The minimum absolute atomic E-state index is 0.0715. The number of hydrogen-bond donors (Lipinski definition) is 0. The zero-order valence-corrected chi connectivity index (χ0v) is 6.93. The highest BCUT2D eigenvalue weighted by atomic mass is 16.5. The standard InChI is InChI=1S/C9H14O2/c1-2-6-11-9(10)7-8-4-3-5-8/h4H,2-3,5-7H2,1H3. The van der Waals surface area contributed by atoms with Crippen LogP contribution in [0.2, 0.25) is 0 Å². The predicted octanol–water partition coefficient (Wildman–Crippen LogP) is 2.05. The van der Waals surface area contributed by atoms with Crippen molar-refractivity contribution in [1.29, 1.82) is 0 Å². The van der Waals surface area contributed by atoms with Crippen molar-refractivity contribution in [2.24, 2.45) is 0 Å². The normalized spacial score (nSPS) is 15.2. The fraction of sp³-hybridized carbons (Fsp3) is 0.667. The van der Waals surface area contributed by atoms with Gasteiger partial charge >= 0.3 is 5.97 Å². The molecule has 2 heteroatoms. The lowest BCUT2D eigenvalue weighted by atomic mass is 9.96. The van der Waals surface area contributed by atoms with Crippen molar-refractivity contribution in [3.05, 3.63) is 11.6 Å². The van der Waals surface area contributed by atoms with Crippen LogP contribution < -0.4 is 0 Å². The zero-order chi connectivity index (χ0) is 8.10.